The monoisotopic (exact) mass is 226 g/mol. The largest absolute Gasteiger partial charge is 0.384 e. The Balaban J connectivity index is 1.65. The first-order valence-electron chi connectivity index (χ1n) is 5.55. The zero-order chi connectivity index (χ0) is 11.4. The number of anilines is 1. The van der Waals surface area contributed by atoms with Gasteiger partial charge in [0.1, 0.15) is 5.82 Å². The summed E-state index contributed by atoms with van der Waals surface area (Å²) in [5.41, 5.74) is 0.794. The first kappa shape index (κ1) is 11.3. The van der Waals surface area contributed by atoms with Gasteiger partial charge in [0.15, 0.2) is 0 Å². The van der Waals surface area contributed by atoms with Gasteiger partial charge in [-0.15, -0.1) is 0 Å². The van der Waals surface area contributed by atoms with Crippen molar-refractivity contribution in [2.75, 3.05) is 38.2 Å². The molecule has 0 atom stereocenters. The average Bonchev–Trinajstić information content (AvgIpc) is 2.21. The van der Waals surface area contributed by atoms with Gasteiger partial charge in [-0.1, -0.05) is 6.07 Å². The van der Waals surface area contributed by atoms with Crippen molar-refractivity contribution in [2.24, 2.45) is 5.92 Å². The van der Waals surface area contributed by atoms with Crippen LogP contribution in [-0.4, -0.2) is 37.8 Å². The van der Waals surface area contributed by atoms with Crippen molar-refractivity contribution >= 4 is 5.69 Å². The second-order valence-corrected chi connectivity index (χ2v) is 4.22. The number of likely N-dealkylation sites (tertiary alicyclic amines) is 1. The number of nitrogens with zero attached hydrogens (tertiary/aromatic N) is 1. The van der Waals surface area contributed by atoms with Gasteiger partial charge >= 0.3 is 0 Å². The molecule has 16 heavy (non-hydrogen) atoms. The molecule has 1 N–H and O–H groups in total. The quantitative estimate of drug-likeness (QED) is 0.827. The van der Waals surface area contributed by atoms with Crippen LogP contribution in [0.25, 0.3) is 0 Å². The summed E-state index contributed by atoms with van der Waals surface area (Å²) in [6.07, 6.45) is 0. The number of benzene rings is 1. The van der Waals surface area contributed by atoms with E-state index < -0.39 is 0 Å². The minimum absolute atomic E-state index is 0.214. The predicted molar refractivity (Wildman–Crippen MR) is 60.8 cm³/mol. The minimum atomic E-state index is -0.230. The van der Waals surface area contributed by atoms with E-state index in [1.165, 1.54) is 12.1 Å². The van der Waals surface area contributed by atoms with Crippen molar-refractivity contribution in [1.82, 2.24) is 4.90 Å². The highest BCUT2D eigenvalue weighted by Crippen LogP contribution is 2.15. The van der Waals surface area contributed by atoms with Gasteiger partial charge in [0.25, 0.3) is 0 Å². The zero-order valence-electron chi connectivity index (χ0n) is 9.13. The molecule has 2 nitrogen and oxygen atoms in total. The lowest BCUT2D eigenvalue weighted by atomic mass is 10.0. The summed E-state index contributed by atoms with van der Waals surface area (Å²) in [5, 5.41) is 3.14. The van der Waals surface area contributed by atoms with Crippen molar-refractivity contribution < 1.29 is 8.78 Å². The molecule has 0 radical (unpaired) electrons. The van der Waals surface area contributed by atoms with Gasteiger partial charge in [-0.2, -0.15) is 0 Å². The molecule has 1 aromatic rings. The lowest BCUT2D eigenvalue weighted by Gasteiger charge is -2.37. The van der Waals surface area contributed by atoms with Crippen LogP contribution in [0, 0.1) is 11.7 Å². The average molecular weight is 226 g/mol. The molecule has 88 valence electrons. The molecule has 0 aromatic heterocycles. The Hall–Kier alpha value is -1.16. The van der Waals surface area contributed by atoms with E-state index in [0.717, 1.165) is 31.9 Å². The number of hydrogen-bond acceptors (Lipinski definition) is 2. The van der Waals surface area contributed by atoms with E-state index >= 15 is 0 Å². The maximum absolute atomic E-state index is 12.8. The highest BCUT2D eigenvalue weighted by Gasteiger charge is 2.25. The fraction of sp³-hybridized carbons (Fsp3) is 0.500. The molecule has 4 heteroatoms. The molecule has 0 amide bonds. The summed E-state index contributed by atoms with van der Waals surface area (Å²) in [6.45, 7) is 3.13. The lowest BCUT2D eigenvalue weighted by Crippen LogP contribution is -2.49. The molecule has 0 aliphatic carbocycles. The number of halogens is 2. The predicted octanol–water partition coefficient (Wildman–Crippen LogP) is 2.14. The van der Waals surface area contributed by atoms with Crippen LogP contribution in [0.15, 0.2) is 24.3 Å². The molecule has 0 spiro atoms. The first-order chi connectivity index (χ1) is 7.78. The van der Waals surface area contributed by atoms with E-state index in [0.29, 0.717) is 0 Å². The summed E-state index contributed by atoms with van der Waals surface area (Å²) < 4.78 is 25.0. The Morgan fingerprint density at radius 2 is 2.19 bits per heavy atom. The summed E-state index contributed by atoms with van der Waals surface area (Å²) in [4.78, 5) is 2.19. The van der Waals surface area contributed by atoms with Crippen LogP contribution in [-0.2, 0) is 0 Å². The summed E-state index contributed by atoms with van der Waals surface area (Å²) in [6, 6.07) is 6.41. The van der Waals surface area contributed by atoms with Crippen LogP contribution in [0.5, 0.6) is 0 Å². The molecule has 0 unspecified atom stereocenters. The highest BCUT2D eigenvalue weighted by molar-refractivity contribution is 5.42. The second-order valence-electron chi connectivity index (χ2n) is 4.22. The van der Waals surface area contributed by atoms with Crippen LogP contribution >= 0.6 is 0 Å². The third kappa shape index (κ3) is 2.92. The Morgan fingerprint density at radius 1 is 1.38 bits per heavy atom. The van der Waals surface area contributed by atoms with Crippen molar-refractivity contribution in [1.29, 1.82) is 0 Å². The molecule has 1 saturated heterocycles. The molecule has 0 saturated carbocycles. The number of hydrogen-bond donors (Lipinski definition) is 1. The summed E-state index contributed by atoms with van der Waals surface area (Å²) >= 11 is 0. The fourth-order valence-corrected chi connectivity index (χ4v) is 1.91. The maximum Gasteiger partial charge on any atom is 0.125 e. The molecule has 1 fully saturated rings. The van der Waals surface area contributed by atoms with E-state index in [4.69, 9.17) is 0 Å². The smallest absolute Gasteiger partial charge is 0.125 e. The van der Waals surface area contributed by atoms with Crippen LogP contribution < -0.4 is 5.32 Å². The Kier molecular flexibility index (Phi) is 3.72. The van der Waals surface area contributed by atoms with Crippen molar-refractivity contribution in [3.05, 3.63) is 30.1 Å². The summed E-state index contributed by atoms with van der Waals surface area (Å²) in [7, 11) is 0. The van der Waals surface area contributed by atoms with E-state index in [9.17, 15) is 8.78 Å². The van der Waals surface area contributed by atoms with Gasteiger partial charge in [-0.25, -0.2) is 4.39 Å². The standard InChI is InChI=1S/C12H16F2N2/c13-7-10-8-16(9-10)5-4-15-12-3-1-2-11(14)6-12/h1-3,6,10,15H,4-5,7-9H2. The van der Waals surface area contributed by atoms with Gasteiger partial charge in [0.2, 0.25) is 0 Å². The SMILES string of the molecule is FCC1CN(CCNc2cccc(F)c2)C1. The Morgan fingerprint density at radius 3 is 2.88 bits per heavy atom. The van der Waals surface area contributed by atoms with Crippen molar-refractivity contribution in [2.45, 2.75) is 0 Å². The molecular weight excluding hydrogens is 210 g/mol. The van der Waals surface area contributed by atoms with Crippen LogP contribution in [0.4, 0.5) is 14.5 Å². The summed E-state index contributed by atoms with van der Waals surface area (Å²) in [5.74, 6) is 0.000568. The van der Waals surface area contributed by atoms with E-state index in [1.807, 2.05) is 6.07 Å². The highest BCUT2D eigenvalue weighted by atomic mass is 19.1. The zero-order valence-corrected chi connectivity index (χ0v) is 9.13. The third-order valence-electron chi connectivity index (χ3n) is 2.83. The van der Waals surface area contributed by atoms with Crippen molar-refractivity contribution in [3.8, 4) is 0 Å². The van der Waals surface area contributed by atoms with Gasteiger partial charge in [-0.3, -0.25) is 4.39 Å². The first-order valence-corrected chi connectivity index (χ1v) is 5.55. The van der Waals surface area contributed by atoms with Crippen LogP contribution in [0.3, 0.4) is 0 Å². The van der Waals surface area contributed by atoms with Crippen LogP contribution in [0.2, 0.25) is 0 Å². The van der Waals surface area contributed by atoms with Gasteiger partial charge in [-0.05, 0) is 18.2 Å². The van der Waals surface area contributed by atoms with Gasteiger partial charge in [0, 0.05) is 37.8 Å². The molecule has 2 rings (SSSR count). The number of rotatable bonds is 5. The fourth-order valence-electron chi connectivity index (χ4n) is 1.91. The maximum atomic E-state index is 12.8. The van der Waals surface area contributed by atoms with Crippen LogP contribution in [0.1, 0.15) is 0 Å². The van der Waals surface area contributed by atoms with Gasteiger partial charge < -0.3 is 10.2 Å². The topological polar surface area (TPSA) is 15.3 Å². The van der Waals surface area contributed by atoms with E-state index in [1.54, 1.807) is 6.07 Å². The molecule has 0 bridgehead atoms. The Labute approximate surface area is 94.3 Å². The van der Waals surface area contributed by atoms with Gasteiger partial charge in [0.05, 0.1) is 6.67 Å². The normalized spacial score (nSPS) is 17.1. The Bertz CT molecular complexity index is 338. The number of nitrogens with one attached hydrogen (secondary N) is 1. The van der Waals surface area contributed by atoms with E-state index in [2.05, 4.69) is 10.2 Å². The molecule has 1 aliphatic heterocycles. The minimum Gasteiger partial charge on any atom is -0.384 e. The third-order valence-corrected chi connectivity index (χ3v) is 2.83. The molecule has 1 aromatic carbocycles. The number of alkyl halides is 1. The molecule has 1 heterocycles. The van der Waals surface area contributed by atoms with E-state index in [-0.39, 0.29) is 18.4 Å². The van der Waals surface area contributed by atoms with Crippen molar-refractivity contribution in [3.63, 3.8) is 0 Å². The molecular formula is C12H16F2N2. The second kappa shape index (κ2) is 5.25. The lowest BCUT2D eigenvalue weighted by molar-refractivity contribution is 0.0856. The molecule has 1 aliphatic rings.